The number of aliphatic carboxylic acids is 1. The molecule has 0 radical (unpaired) electrons. The Morgan fingerprint density at radius 2 is 1.53 bits per heavy atom. The van der Waals surface area contributed by atoms with Gasteiger partial charge < -0.3 is 25.2 Å². The third kappa shape index (κ3) is 6.34. The summed E-state index contributed by atoms with van der Waals surface area (Å²) in [5.74, 6) is -2.99. The number of rotatable bonds is 8. The second-order valence-electron chi connectivity index (χ2n) is 8.92. The minimum atomic E-state index is -1.36. The number of fused-ring (bicyclic) bond motifs is 3. The number of carbonyl (C=O) groups is 4. The van der Waals surface area contributed by atoms with Crippen LogP contribution in [0.1, 0.15) is 44.2 Å². The molecule has 2 aromatic rings. The van der Waals surface area contributed by atoms with Crippen molar-refractivity contribution < 1.29 is 33.8 Å². The highest BCUT2D eigenvalue weighted by Gasteiger charge is 2.31. The number of carboxylic acids is 1. The van der Waals surface area contributed by atoms with Crippen LogP contribution in [-0.2, 0) is 23.9 Å². The first kappa shape index (κ1) is 24.8. The summed E-state index contributed by atoms with van der Waals surface area (Å²) < 4.78 is 10.6. The normalized spacial score (nSPS) is 13.3. The number of benzene rings is 2. The highest BCUT2D eigenvalue weighted by Crippen LogP contribution is 2.44. The molecule has 2 aromatic carbocycles. The Bertz CT molecular complexity index is 1050. The van der Waals surface area contributed by atoms with E-state index in [1.807, 2.05) is 48.5 Å². The molecular formula is C25H28N2O7. The molecule has 0 aliphatic heterocycles. The van der Waals surface area contributed by atoms with Crippen molar-refractivity contribution >= 4 is 23.9 Å². The third-order valence-electron chi connectivity index (χ3n) is 5.16. The molecule has 3 N–H and O–H groups in total. The summed E-state index contributed by atoms with van der Waals surface area (Å²) >= 11 is 0. The lowest BCUT2D eigenvalue weighted by Gasteiger charge is -2.22. The van der Waals surface area contributed by atoms with E-state index in [9.17, 15) is 19.2 Å². The minimum Gasteiger partial charge on any atom is -0.480 e. The average Bonchev–Trinajstić information content (AvgIpc) is 3.08. The first-order valence-electron chi connectivity index (χ1n) is 10.9. The van der Waals surface area contributed by atoms with Gasteiger partial charge in [-0.15, -0.1) is 0 Å². The number of nitrogens with one attached hydrogen (secondary N) is 2. The van der Waals surface area contributed by atoms with Gasteiger partial charge in [-0.2, -0.15) is 0 Å². The van der Waals surface area contributed by atoms with Crippen LogP contribution in [0, 0.1) is 0 Å². The lowest BCUT2D eigenvalue weighted by Crippen LogP contribution is -2.49. The third-order valence-corrected chi connectivity index (χ3v) is 5.16. The average molecular weight is 469 g/mol. The summed E-state index contributed by atoms with van der Waals surface area (Å²) in [5.41, 5.74) is 3.41. The van der Waals surface area contributed by atoms with Crippen molar-refractivity contribution in [3.05, 3.63) is 59.7 Å². The fraction of sp³-hybridized carbons (Fsp3) is 0.360. The molecule has 1 aliphatic carbocycles. The molecule has 0 spiro atoms. The van der Waals surface area contributed by atoms with E-state index in [1.165, 1.54) is 0 Å². The monoisotopic (exact) mass is 468 g/mol. The zero-order chi connectivity index (χ0) is 24.9. The molecule has 0 fully saturated rings. The van der Waals surface area contributed by atoms with E-state index in [4.69, 9.17) is 14.6 Å². The van der Waals surface area contributed by atoms with E-state index in [0.29, 0.717) is 0 Å². The maximum atomic E-state index is 12.6. The van der Waals surface area contributed by atoms with E-state index in [0.717, 1.165) is 22.3 Å². The van der Waals surface area contributed by atoms with Crippen LogP contribution in [0.5, 0.6) is 0 Å². The Balaban J connectivity index is 1.67. The van der Waals surface area contributed by atoms with Gasteiger partial charge in [0.05, 0.1) is 6.42 Å². The molecule has 180 valence electrons. The number of ether oxygens (including phenoxy) is 2. The van der Waals surface area contributed by atoms with Gasteiger partial charge in [0, 0.05) is 5.92 Å². The predicted octanol–water partition coefficient (Wildman–Crippen LogP) is 2.83. The van der Waals surface area contributed by atoms with Crippen LogP contribution in [0.25, 0.3) is 11.1 Å². The molecule has 0 saturated heterocycles. The molecule has 1 aliphatic rings. The SMILES string of the molecule is CC(C)(C)OC(=O)CC(NC(=O)OCC1c2ccccc2-c2ccccc21)C(=O)NCC(=O)O. The highest BCUT2D eigenvalue weighted by atomic mass is 16.6. The molecule has 0 bridgehead atoms. The smallest absolute Gasteiger partial charge is 0.407 e. The number of carboxylic acid groups (broad SMARTS) is 1. The number of hydrogen-bond donors (Lipinski definition) is 3. The number of esters is 1. The van der Waals surface area contributed by atoms with Crippen molar-refractivity contribution in [3.8, 4) is 11.1 Å². The van der Waals surface area contributed by atoms with Gasteiger partial charge in [0.2, 0.25) is 5.91 Å². The first-order valence-corrected chi connectivity index (χ1v) is 10.9. The lowest BCUT2D eigenvalue weighted by molar-refractivity contribution is -0.156. The largest absolute Gasteiger partial charge is 0.480 e. The summed E-state index contributed by atoms with van der Waals surface area (Å²) in [4.78, 5) is 48.0. The van der Waals surface area contributed by atoms with Crippen molar-refractivity contribution in [3.63, 3.8) is 0 Å². The van der Waals surface area contributed by atoms with Crippen molar-refractivity contribution in [2.24, 2.45) is 0 Å². The zero-order valence-electron chi connectivity index (χ0n) is 19.3. The molecule has 2 amide bonds. The molecule has 0 aromatic heterocycles. The molecular weight excluding hydrogens is 440 g/mol. The molecule has 1 atom stereocenters. The van der Waals surface area contributed by atoms with Gasteiger partial charge in [0.15, 0.2) is 0 Å². The summed E-state index contributed by atoms with van der Waals surface area (Å²) in [6.45, 7) is 4.38. The van der Waals surface area contributed by atoms with Gasteiger partial charge in [-0.05, 0) is 43.0 Å². The highest BCUT2D eigenvalue weighted by molar-refractivity contribution is 5.91. The maximum absolute atomic E-state index is 12.6. The van der Waals surface area contributed by atoms with Crippen LogP contribution in [-0.4, -0.2) is 53.8 Å². The van der Waals surface area contributed by atoms with Crippen LogP contribution >= 0.6 is 0 Å². The van der Waals surface area contributed by atoms with E-state index in [1.54, 1.807) is 20.8 Å². The number of carbonyl (C=O) groups excluding carboxylic acids is 3. The molecule has 3 rings (SSSR count). The topological polar surface area (TPSA) is 131 Å². The van der Waals surface area contributed by atoms with E-state index in [-0.39, 0.29) is 12.5 Å². The van der Waals surface area contributed by atoms with Gasteiger partial charge in [-0.1, -0.05) is 48.5 Å². The Morgan fingerprint density at radius 1 is 0.971 bits per heavy atom. The van der Waals surface area contributed by atoms with Crippen molar-refractivity contribution in [1.82, 2.24) is 10.6 Å². The van der Waals surface area contributed by atoms with Crippen molar-refractivity contribution in [2.75, 3.05) is 13.2 Å². The Labute approximate surface area is 197 Å². The molecule has 9 nitrogen and oxygen atoms in total. The van der Waals surface area contributed by atoms with Crippen LogP contribution < -0.4 is 10.6 Å². The van der Waals surface area contributed by atoms with Gasteiger partial charge in [0.1, 0.15) is 24.8 Å². The van der Waals surface area contributed by atoms with Gasteiger partial charge in [-0.3, -0.25) is 14.4 Å². The summed E-state index contributed by atoms with van der Waals surface area (Å²) in [6, 6.07) is 14.4. The van der Waals surface area contributed by atoms with Crippen molar-refractivity contribution in [1.29, 1.82) is 0 Å². The van der Waals surface area contributed by atoms with E-state index < -0.39 is 48.5 Å². The summed E-state index contributed by atoms with van der Waals surface area (Å²) in [7, 11) is 0. The quantitative estimate of drug-likeness (QED) is 0.508. The number of amides is 2. The Kier molecular flexibility index (Phi) is 7.55. The van der Waals surface area contributed by atoms with Crippen LogP contribution in [0.4, 0.5) is 4.79 Å². The zero-order valence-corrected chi connectivity index (χ0v) is 19.3. The van der Waals surface area contributed by atoms with Crippen LogP contribution in [0.2, 0.25) is 0 Å². The molecule has 9 heteroatoms. The molecule has 1 unspecified atom stereocenters. The molecule has 0 saturated carbocycles. The molecule has 34 heavy (non-hydrogen) atoms. The second kappa shape index (κ2) is 10.4. The summed E-state index contributed by atoms with van der Waals surface area (Å²) in [5, 5.41) is 13.3. The van der Waals surface area contributed by atoms with Crippen molar-refractivity contribution in [2.45, 2.75) is 44.8 Å². The standard InChI is InChI=1S/C25H28N2O7/c1-25(2,3)34-22(30)12-20(23(31)26-13-21(28)29)27-24(32)33-14-19-17-10-6-4-8-15(17)16-9-5-7-11-18(16)19/h4-11,19-20H,12-14H2,1-3H3,(H,26,31)(H,27,32)(H,28,29). The van der Waals surface area contributed by atoms with Crippen LogP contribution in [0.3, 0.4) is 0 Å². The first-order chi connectivity index (χ1) is 16.0. The van der Waals surface area contributed by atoms with Gasteiger partial charge in [0.25, 0.3) is 0 Å². The summed E-state index contributed by atoms with van der Waals surface area (Å²) in [6.07, 6.45) is -1.38. The number of hydrogen-bond acceptors (Lipinski definition) is 6. The number of alkyl carbamates (subject to hydrolysis) is 1. The minimum absolute atomic E-state index is 0.0236. The Hall–Kier alpha value is -3.88. The fourth-order valence-corrected chi connectivity index (χ4v) is 3.83. The predicted molar refractivity (Wildman–Crippen MR) is 123 cm³/mol. The lowest BCUT2D eigenvalue weighted by atomic mass is 9.98. The van der Waals surface area contributed by atoms with Crippen LogP contribution in [0.15, 0.2) is 48.5 Å². The molecule has 0 heterocycles. The van der Waals surface area contributed by atoms with Gasteiger partial charge in [-0.25, -0.2) is 4.79 Å². The maximum Gasteiger partial charge on any atom is 0.407 e. The second-order valence-corrected chi connectivity index (χ2v) is 8.92. The fourth-order valence-electron chi connectivity index (χ4n) is 3.83. The Morgan fingerprint density at radius 3 is 2.06 bits per heavy atom. The van der Waals surface area contributed by atoms with Gasteiger partial charge >= 0.3 is 18.0 Å². The van der Waals surface area contributed by atoms with E-state index >= 15 is 0 Å². The van der Waals surface area contributed by atoms with E-state index in [2.05, 4.69) is 10.6 Å².